The number of rotatable bonds is 4. The minimum Gasteiger partial charge on any atom is -0.321 e. The van der Waals surface area contributed by atoms with Gasteiger partial charge in [-0.3, -0.25) is 4.79 Å². The normalized spacial score (nSPS) is 11.4. The molecule has 2 rings (SSSR count). The molecule has 0 aliphatic carbocycles. The quantitative estimate of drug-likeness (QED) is 0.817. The number of amides is 1. The van der Waals surface area contributed by atoms with E-state index in [1.165, 1.54) is 16.9 Å². The molecule has 1 N–H and O–H groups in total. The average Bonchev–Trinajstić information content (AvgIpc) is 2.83. The van der Waals surface area contributed by atoms with E-state index in [9.17, 15) is 4.79 Å². The zero-order chi connectivity index (χ0) is 15.5. The van der Waals surface area contributed by atoms with Gasteiger partial charge in [-0.25, -0.2) is 0 Å². The van der Waals surface area contributed by atoms with Gasteiger partial charge in [-0.05, 0) is 53.8 Å². The maximum absolute atomic E-state index is 12.3. The molecule has 112 valence electrons. The van der Waals surface area contributed by atoms with Crippen LogP contribution < -0.4 is 5.32 Å². The van der Waals surface area contributed by atoms with Crippen molar-refractivity contribution in [3.63, 3.8) is 0 Å². The standard InChI is InChI=1S/C18H23NOS/c1-13-10-12-21-16(13)17(20)19-15-8-6-5-7-14(15)9-11-18(2,3)4/h5-8,10,12H,9,11H2,1-4H3,(H,19,20). The molecule has 0 fully saturated rings. The van der Waals surface area contributed by atoms with E-state index in [2.05, 4.69) is 32.2 Å². The minimum atomic E-state index is -0.00860. The number of para-hydroxylation sites is 1. The van der Waals surface area contributed by atoms with E-state index >= 15 is 0 Å². The van der Waals surface area contributed by atoms with Gasteiger partial charge in [0.1, 0.15) is 0 Å². The van der Waals surface area contributed by atoms with Crippen molar-refractivity contribution < 1.29 is 4.79 Å². The summed E-state index contributed by atoms with van der Waals surface area (Å²) in [5.74, 6) is -0.00860. The Morgan fingerprint density at radius 3 is 2.52 bits per heavy atom. The van der Waals surface area contributed by atoms with E-state index in [-0.39, 0.29) is 5.91 Å². The maximum atomic E-state index is 12.3. The Morgan fingerprint density at radius 1 is 1.19 bits per heavy atom. The van der Waals surface area contributed by atoms with Crippen LogP contribution in [0, 0.1) is 12.3 Å². The first kappa shape index (κ1) is 15.8. The summed E-state index contributed by atoms with van der Waals surface area (Å²) in [4.78, 5) is 13.1. The lowest BCUT2D eigenvalue weighted by Crippen LogP contribution is -2.14. The third-order valence-corrected chi connectivity index (χ3v) is 4.49. The molecule has 0 radical (unpaired) electrons. The molecule has 1 aromatic carbocycles. The summed E-state index contributed by atoms with van der Waals surface area (Å²) in [5, 5.41) is 5.02. The second-order valence-corrected chi connectivity index (χ2v) is 7.52. The highest BCUT2D eigenvalue weighted by atomic mass is 32.1. The van der Waals surface area contributed by atoms with Crippen LogP contribution in [0.2, 0.25) is 0 Å². The van der Waals surface area contributed by atoms with E-state index in [4.69, 9.17) is 0 Å². The summed E-state index contributed by atoms with van der Waals surface area (Å²) in [6.45, 7) is 8.69. The van der Waals surface area contributed by atoms with Crippen molar-refractivity contribution in [3.8, 4) is 0 Å². The topological polar surface area (TPSA) is 29.1 Å². The first-order valence-electron chi connectivity index (χ1n) is 7.30. The molecule has 0 bridgehead atoms. The second-order valence-electron chi connectivity index (χ2n) is 6.60. The molecule has 21 heavy (non-hydrogen) atoms. The smallest absolute Gasteiger partial charge is 0.266 e. The van der Waals surface area contributed by atoms with Crippen molar-refractivity contribution in [2.24, 2.45) is 5.41 Å². The fraction of sp³-hybridized carbons (Fsp3) is 0.389. The van der Waals surface area contributed by atoms with Gasteiger partial charge in [0.25, 0.3) is 5.91 Å². The minimum absolute atomic E-state index is 0.00860. The Balaban J connectivity index is 2.13. The molecule has 0 aliphatic rings. The summed E-state index contributed by atoms with van der Waals surface area (Å²) in [7, 11) is 0. The monoisotopic (exact) mass is 301 g/mol. The molecule has 0 unspecified atom stereocenters. The predicted molar refractivity (Wildman–Crippen MR) is 91.2 cm³/mol. The van der Waals surface area contributed by atoms with Crippen LogP contribution in [0.3, 0.4) is 0 Å². The Kier molecular flexibility index (Phi) is 4.84. The van der Waals surface area contributed by atoms with E-state index in [1.54, 1.807) is 0 Å². The van der Waals surface area contributed by atoms with Crippen molar-refractivity contribution in [1.29, 1.82) is 0 Å². The van der Waals surface area contributed by atoms with Gasteiger partial charge in [0.05, 0.1) is 4.88 Å². The highest BCUT2D eigenvalue weighted by molar-refractivity contribution is 7.12. The van der Waals surface area contributed by atoms with Crippen molar-refractivity contribution in [1.82, 2.24) is 0 Å². The number of thiophene rings is 1. The number of anilines is 1. The van der Waals surface area contributed by atoms with E-state index in [1.807, 2.05) is 36.6 Å². The number of hydrogen-bond donors (Lipinski definition) is 1. The number of carbonyl (C=O) groups is 1. The highest BCUT2D eigenvalue weighted by Gasteiger charge is 2.14. The fourth-order valence-electron chi connectivity index (χ4n) is 2.15. The van der Waals surface area contributed by atoms with Crippen molar-refractivity contribution in [2.45, 2.75) is 40.5 Å². The van der Waals surface area contributed by atoms with Crippen LogP contribution in [0.1, 0.15) is 48.0 Å². The highest BCUT2D eigenvalue weighted by Crippen LogP contribution is 2.26. The first-order valence-corrected chi connectivity index (χ1v) is 8.18. The zero-order valence-electron chi connectivity index (χ0n) is 13.2. The van der Waals surface area contributed by atoms with Gasteiger partial charge in [-0.2, -0.15) is 0 Å². The lowest BCUT2D eigenvalue weighted by Gasteiger charge is -2.19. The second kappa shape index (κ2) is 6.44. The molecule has 1 heterocycles. The lowest BCUT2D eigenvalue weighted by atomic mass is 9.88. The molecule has 3 heteroatoms. The molecular formula is C18H23NOS. The average molecular weight is 301 g/mol. The summed E-state index contributed by atoms with van der Waals surface area (Å²) >= 11 is 1.49. The van der Waals surface area contributed by atoms with Crippen LogP contribution >= 0.6 is 11.3 Å². The van der Waals surface area contributed by atoms with E-state index in [0.717, 1.165) is 29.0 Å². The largest absolute Gasteiger partial charge is 0.321 e. The van der Waals surface area contributed by atoms with Crippen LogP contribution in [0.25, 0.3) is 0 Å². The van der Waals surface area contributed by atoms with Crippen LogP contribution in [0.5, 0.6) is 0 Å². The van der Waals surface area contributed by atoms with Gasteiger partial charge in [0.2, 0.25) is 0 Å². The number of hydrogen-bond acceptors (Lipinski definition) is 2. The van der Waals surface area contributed by atoms with Crippen LogP contribution in [-0.2, 0) is 6.42 Å². The van der Waals surface area contributed by atoms with E-state index in [0.29, 0.717) is 5.41 Å². The SMILES string of the molecule is Cc1ccsc1C(=O)Nc1ccccc1CCC(C)(C)C. The summed E-state index contributed by atoms with van der Waals surface area (Å²) < 4.78 is 0. The number of nitrogens with one attached hydrogen (secondary N) is 1. The number of aryl methyl sites for hydroxylation is 2. The van der Waals surface area contributed by atoms with Crippen LogP contribution in [0.4, 0.5) is 5.69 Å². The molecule has 0 atom stereocenters. The van der Waals surface area contributed by atoms with Gasteiger partial charge in [-0.1, -0.05) is 39.0 Å². The third kappa shape index (κ3) is 4.43. The Labute approximate surface area is 131 Å². The van der Waals surface area contributed by atoms with Crippen molar-refractivity contribution in [2.75, 3.05) is 5.32 Å². The molecule has 0 aliphatic heterocycles. The van der Waals surface area contributed by atoms with Crippen molar-refractivity contribution in [3.05, 3.63) is 51.7 Å². The maximum Gasteiger partial charge on any atom is 0.266 e. The Morgan fingerprint density at radius 2 is 1.90 bits per heavy atom. The molecule has 2 aromatic rings. The Bertz CT molecular complexity index is 622. The molecule has 1 aromatic heterocycles. The zero-order valence-corrected chi connectivity index (χ0v) is 14.0. The molecule has 0 saturated heterocycles. The molecule has 2 nitrogen and oxygen atoms in total. The lowest BCUT2D eigenvalue weighted by molar-refractivity contribution is 0.103. The fourth-order valence-corrected chi connectivity index (χ4v) is 2.97. The van der Waals surface area contributed by atoms with Crippen LogP contribution in [-0.4, -0.2) is 5.91 Å². The van der Waals surface area contributed by atoms with Gasteiger partial charge in [0, 0.05) is 5.69 Å². The summed E-state index contributed by atoms with van der Waals surface area (Å²) in [5.41, 5.74) is 3.46. The molecule has 1 amide bonds. The predicted octanol–water partition coefficient (Wildman–Crippen LogP) is 5.29. The van der Waals surface area contributed by atoms with Gasteiger partial charge in [-0.15, -0.1) is 11.3 Å². The first-order chi connectivity index (χ1) is 9.87. The third-order valence-electron chi connectivity index (χ3n) is 3.48. The van der Waals surface area contributed by atoms with Gasteiger partial charge >= 0.3 is 0 Å². The number of benzene rings is 1. The molecule has 0 spiro atoms. The number of carbonyl (C=O) groups excluding carboxylic acids is 1. The summed E-state index contributed by atoms with van der Waals surface area (Å²) in [6, 6.07) is 10.1. The van der Waals surface area contributed by atoms with Crippen LogP contribution in [0.15, 0.2) is 35.7 Å². The Hall–Kier alpha value is -1.61. The van der Waals surface area contributed by atoms with Gasteiger partial charge in [0.15, 0.2) is 0 Å². The van der Waals surface area contributed by atoms with Gasteiger partial charge < -0.3 is 5.32 Å². The summed E-state index contributed by atoms with van der Waals surface area (Å²) in [6.07, 6.45) is 2.07. The van der Waals surface area contributed by atoms with E-state index < -0.39 is 0 Å². The van der Waals surface area contributed by atoms with Crippen molar-refractivity contribution >= 4 is 22.9 Å². The molecule has 0 saturated carbocycles. The molecular weight excluding hydrogens is 278 g/mol.